The maximum absolute atomic E-state index is 13.5. The number of ketones is 1. The summed E-state index contributed by atoms with van der Waals surface area (Å²) in [6, 6.07) is 19.8. The zero-order valence-electron chi connectivity index (χ0n) is 22.1. The van der Waals surface area contributed by atoms with Crippen LogP contribution in [0.25, 0.3) is 16.0 Å². The normalized spacial score (nSPS) is 17.4. The number of aromatic nitrogens is 1. The van der Waals surface area contributed by atoms with E-state index in [4.69, 9.17) is 9.72 Å². The van der Waals surface area contributed by atoms with Gasteiger partial charge < -0.3 is 9.84 Å². The van der Waals surface area contributed by atoms with Crippen LogP contribution in [0.4, 0.5) is 5.13 Å². The highest BCUT2D eigenvalue weighted by molar-refractivity contribution is 7.22. The van der Waals surface area contributed by atoms with Gasteiger partial charge in [0, 0.05) is 5.56 Å². The van der Waals surface area contributed by atoms with Crippen molar-refractivity contribution < 1.29 is 19.4 Å². The number of nitrogens with zero attached hydrogens (tertiary/aromatic N) is 2. The fourth-order valence-corrected chi connectivity index (χ4v) is 5.65. The third kappa shape index (κ3) is 4.58. The lowest BCUT2D eigenvalue weighted by Crippen LogP contribution is -2.29. The van der Waals surface area contributed by atoms with Crippen LogP contribution < -0.4 is 9.64 Å². The standard InChI is InChI=1S/C31H30N2O4S/c1-6-37-22-15-16-23-24(17-22)38-30(32-23)33-26(19-11-13-21(14-12-19)31(3,4)5)25(28(35)29(33)36)27(34)20-9-7-18(2)8-10-20/h7-17,26,34H,6H2,1-5H3/b27-25+. The summed E-state index contributed by atoms with van der Waals surface area (Å²) < 4.78 is 6.47. The Hall–Kier alpha value is -3.97. The molecule has 1 aliphatic rings. The van der Waals surface area contributed by atoms with Gasteiger partial charge in [-0.3, -0.25) is 14.5 Å². The number of aliphatic hydroxyl groups excluding tert-OH is 1. The van der Waals surface area contributed by atoms with Gasteiger partial charge in [-0.25, -0.2) is 4.98 Å². The average Bonchev–Trinajstić information content (AvgIpc) is 3.41. The van der Waals surface area contributed by atoms with Crippen molar-refractivity contribution in [2.45, 2.75) is 46.1 Å². The summed E-state index contributed by atoms with van der Waals surface area (Å²) in [4.78, 5) is 33.1. The quantitative estimate of drug-likeness (QED) is 0.173. The number of rotatable bonds is 5. The monoisotopic (exact) mass is 526 g/mol. The Morgan fingerprint density at radius 1 is 1.03 bits per heavy atom. The number of carbonyl (C=O) groups excluding carboxylic acids is 2. The number of hydrogen-bond acceptors (Lipinski definition) is 6. The minimum absolute atomic E-state index is 0.0524. The van der Waals surface area contributed by atoms with Gasteiger partial charge in [0.15, 0.2) is 5.13 Å². The number of hydrogen-bond donors (Lipinski definition) is 1. The molecule has 1 saturated heterocycles. The molecule has 5 rings (SSSR count). The first kappa shape index (κ1) is 25.7. The predicted molar refractivity (Wildman–Crippen MR) is 152 cm³/mol. The molecule has 2 heterocycles. The van der Waals surface area contributed by atoms with Crippen LogP contribution in [0.3, 0.4) is 0 Å². The van der Waals surface area contributed by atoms with Gasteiger partial charge >= 0.3 is 5.91 Å². The second kappa shape index (κ2) is 9.72. The van der Waals surface area contributed by atoms with E-state index in [0.717, 1.165) is 21.4 Å². The van der Waals surface area contributed by atoms with Gasteiger partial charge in [-0.15, -0.1) is 0 Å². The zero-order valence-corrected chi connectivity index (χ0v) is 22.9. The molecule has 0 bridgehead atoms. The number of carbonyl (C=O) groups is 2. The Kier molecular flexibility index (Phi) is 6.57. The molecule has 1 unspecified atom stereocenters. The minimum atomic E-state index is -0.822. The van der Waals surface area contributed by atoms with Gasteiger partial charge in [0.25, 0.3) is 5.78 Å². The number of ether oxygens (including phenoxy) is 1. The van der Waals surface area contributed by atoms with E-state index in [2.05, 4.69) is 20.8 Å². The van der Waals surface area contributed by atoms with Crippen molar-refractivity contribution in [2.75, 3.05) is 11.5 Å². The van der Waals surface area contributed by atoms with Gasteiger partial charge in [0.05, 0.1) is 28.4 Å². The highest BCUT2D eigenvalue weighted by Crippen LogP contribution is 2.45. The Balaban J connectivity index is 1.69. The molecule has 0 aliphatic carbocycles. The minimum Gasteiger partial charge on any atom is -0.507 e. The Labute approximate surface area is 226 Å². The van der Waals surface area contributed by atoms with Crippen LogP contribution in [-0.4, -0.2) is 28.4 Å². The van der Waals surface area contributed by atoms with Crippen LogP contribution in [0.1, 0.15) is 56.0 Å². The second-order valence-electron chi connectivity index (χ2n) is 10.5. The molecule has 1 amide bonds. The molecule has 194 valence electrons. The van der Waals surface area contributed by atoms with E-state index in [0.29, 0.717) is 28.6 Å². The molecule has 6 nitrogen and oxygen atoms in total. The maximum atomic E-state index is 13.5. The summed E-state index contributed by atoms with van der Waals surface area (Å²) >= 11 is 1.32. The van der Waals surface area contributed by atoms with Gasteiger partial charge in [-0.2, -0.15) is 0 Å². The van der Waals surface area contributed by atoms with Crippen LogP contribution in [0.2, 0.25) is 0 Å². The molecule has 7 heteroatoms. The molecular weight excluding hydrogens is 496 g/mol. The van der Waals surface area contributed by atoms with Crippen LogP contribution in [0, 0.1) is 6.92 Å². The molecule has 0 spiro atoms. The maximum Gasteiger partial charge on any atom is 0.301 e. The zero-order chi connectivity index (χ0) is 27.2. The molecule has 4 aromatic rings. The van der Waals surface area contributed by atoms with E-state index in [-0.39, 0.29) is 16.7 Å². The molecule has 1 fully saturated rings. The third-order valence-electron chi connectivity index (χ3n) is 6.73. The van der Waals surface area contributed by atoms with Crippen LogP contribution >= 0.6 is 11.3 Å². The highest BCUT2D eigenvalue weighted by atomic mass is 32.1. The predicted octanol–water partition coefficient (Wildman–Crippen LogP) is 6.93. The summed E-state index contributed by atoms with van der Waals surface area (Å²) in [5, 5.41) is 11.8. The van der Waals surface area contributed by atoms with Crippen molar-refractivity contribution in [2.24, 2.45) is 0 Å². The van der Waals surface area contributed by atoms with Crippen molar-refractivity contribution >= 4 is 44.1 Å². The van der Waals surface area contributed by atoms with E-state index in [9.17, 15) is 14.7 Å². The molecule has 1 N–H and O–H groups in total. The smallest absolute Gasteiger partial charge is 0.301 e. The Morgan fingerprint density at radius 3 is 2.34 bits per heavy atom. The average molecular weight is 527 g/mol. The van der Waals surface area contributed by atoms with E-state index in [1.165, 1.54) is 16.2 Å². The van der Waals surface area contributed by atoms with Crippen LogP contribution in [0.15, 0.2) is 72.3 Å². The van der Waals surface area contributed by atoms with E-state index in [1.807, 2.05) is 68.4 Å². The summed E-state index contributed by atoms with van der Waals surface area (Å²) in [7, 11) is 0. The highest BCUT2D eigenvalue weighted by Gasteiger charge is 2.48. The largest absolute Gasteiger partial charge is 0.507 e. The number of amides is 1. The first-order valence-corrected chi connectivity index (χ1v) is 13.4. The SMILES string of the molecule is CCOc1ccc2nc(N3C(=O)C(=O)/C(=C(/O)c4ccc(C)cc4)C3c3ccc(C(C)(C)C)cc3)sc2c1. The lowest BCUT2D eigenvalue weighted by Gasteiger charge is -2.24. The fourth-order valence-electron chi connectivity index (χ4n) is 4.63. The number of Topliss-reactive ketones (excluding diaryl/α,β-unsaturated/α-hetero) is 1. The van der Waals surface area contributed by atoms with E-state index in [1.54, 1.807) is 12.1 Å². The van der Waals surface area contributed by atoms with Gasteiger partial charge in [-0.05, 0) is 48.6 Å². The molecule has 38 heavy (non-hydrogen) atoms. The van der Waals surface area contributed by atoms with Gasteiger partial charge in [0.1, 0.15) is 11.5 Å². The van der Waals surface area contributed by atoms with Gasteiger partial charge in [-0.1, -0.05) is 86.2 Å². The van der Waals surface area contributed by atoms with Crippen LogP contribution in [0.5, 0.6) is 5.75 Å². The van der Waals surface area contributed by atoms with Crippen molar-refractivity contribution in [3.8, 4) is 5.75 Å². The van der Waals surface area contributed by atoms with E-state index >= 15 is 0 Å². The van der Waals surface area contributed by atoms with Crippen molar-refractivity contribution in [3.63, 3.8) is 0 Å². The van der Waals surface area contributed by atoms with Crippen molar-refractivity contribution in [3.05, 3.63) is 94.6 Å². The number of aliphatic hydroxyl groups is 1. The summed E-state index contributed by atoms with van der Waals surface area (Å²) in [5.41, 5.74) is 4.05. The molecule has 1 atom stereocenters. The molecule has 0 radical (unpaired) electrons. The number of thiazole rings is 1. The first-order chi connectivity index (χ1) is 18.1. The Bertz CT molecular complexity index is 1560. The van der Waals surface area contributed by atoms with Crippen LogP contribution in [-0.2, 0) is 15.0 Å². The molecule has 3 aromatic carbocycles. The number of fused-ring (bicyclic) bond motifs is 1. The lowest BCUT2D eigenvalue weighted by atomic mass is 9.85. The number of aryl methyl sites for hydroxylation is 1. The van der Waals surface area contributed by atoms with E-state index < -0.39 is 17.7 Å². The number of benzene rings is 3. The topological polar surface area (TPSA) is 79.7 Å². The number of anilines is 1. The second-order valence-corrected chi connectivity index (χ2v) is 11.5. The summed E-state index contributed by atoms with van der Waals surface area (Å²) in [6.45, 7) is 10.8. The third-order valence-corrected chi connectivity index (χ3v) is 7.75. The summed E-state index contributed by atoms with van der Waals surface area (Å²) in [6.07, 6.45) is 0. The molecular formula is C31H30N2O4S. The van der Waals surface area contributed by atoms with Crippen molar-refractivity contribution in [1.29, 1.82) is 0 Å². The summed E-state index contributed by atoms with van der Waals surface area (Å²) in [5.74, 6) is -0.934. The van der Waals surface area contributed by atoms with Crippen molar-refractivity contribution in [1.82, 2.24) is 4.98 Å². The molecule has 0 saturated carbocycles. The van der Waals surface area contributed by atoms with Gasteiger partial charge in [0.2, 0.25) is 0 Å². The molecule has 1 aliphatic heterocycles. The Morgan fingerprint density at radius 2 is 1.71 bits per heavy atom. The lowest BCUT2D eigenvalue weighted by molar-refractivity contribution is -0.132. The first-order valence-electron chi connectivity index (χ1n) is 12.6. The fraction of sp³-hybridized carbons (Fsp3) is 0.258. The molecule has 1 aromatic heterocycles.